The first-order valence-corrected chi connectivity index (χ1v) is 34.1. The third-order valence-corrected chi connectivity index (χ3v) is 22.8. The third-order valence-electron chi connectivity index (χ3n) is 22.8. The van der Waals surface area contributed by atoms with Crippen LogP contribution in [-0.2, 0) is 0 Å². The minimum atomic E-state index is -0.136. The van der Waals surface area contributed by atoms with Gasteiger partial charge < -0.3 is 57.5 Å². The van der Waals surface area contributed by atoms with Gasteiger partial charge in [0.1, 0.15) is 92.0 Å². The fourth-order valence-electron chi connectivity index (χ4n) is 19.1. The molecule has 12 aliphatic heterocycles. The van der Waals surface area contributed by atoms with Crippen LogP contribution in [0.4, 0.5) is 68.2 Å². The first-order valence-electron chi connectivity index (χ1n) is 34.1. The molecule has 16 heteroatoms. The van der Waals surface area contributed by atoms with Gasteiger partial charge in [-0.05, 0) is 237 Å². The van der Waals surface area contributed by atoms with Crippen LogP contribution in [0.3, 0.4) is 0 Å². The second kappa shape index (κ2) is 17.7. The summed E-state index contributed by atoms with van der Waals surface area (Å²) in [6, 6.07) is 90.7. The minimum absolute atomic E-state index is 0.136. The molecule has 0 unspecified atom stereocenters. The number of hydrogen-bond donors (Lipinski definition) is 0. The van der Waals surface area contributed by atoms with Crippen LogP contribution in [0.25, 0.3) is 11.1 Å². The molecule has 12 nitrogen and oxygen atoms in total. The molecular formula is C84H42B4N4O8. The van der Waals surface area contributed by atoms with E-state index in [0.29, 0.717) is 0 Å². The lowest BCUT2D eigenvalue weighted by Gasteiger charge is -2.44. The molecule has 26 rings (SSSR count). The van der Waals surface area contributed by atoms with Crippen molar-refractivity contribution in [3.63, 3.8) is 0 Å². The standard InChI is InChI=1S/C84H42B4N4O8/c1-13-49-73-57(21-1)93-65-29-9-30-66-81(65)85(73)74-50(14-2-22-58(74)94-66)89(49)45-37-43(38-46(41-45)90-51-15-3-23-59-75(51)86-76-52(90)16-4-24-60(76)96-68-32-10-31-67(95-59)82(68)86)44-39-47(91-53-17-5-25-61-77(53)87-78-54(91)18-6-26-62(78)98-70-34-11-33-69(97-61)83(70)87)42-48(40-44)92-55-19-7-27-63-79(55)88-80-56(92)20-8-28-64(80)100-72-36-12-35-71(99-63)84(72)88/h1-42H. The Bertz CT molecular complexity index is 5270. The first-order chi connectivity index (χ1) is 49.6. The molecule has 0 fully saturated rings. The molecule has 458 valence electrons. The van der Waals surface area contributed by atoms with E-state index >= 15 is 0 Å². The zero-order valence-electron chi connectivity index (χ0n) is 52.6. The summed E-state index contributed by atoms with van der Waals surface area (Å²) in [6.07, 6.45) is 0. The van der Waals surface area contributed by atoms with Crippen LogP contribution in [0, 0.1) is 0 Å². The van der Waals surface area contributed by atoms with Gasteiger partial charge in [0.15, 0.2) is 0 Å². The van der Waals surface area contributed by atoms with Crippen LogP contribution in [0.5, 0.6) is 92.0 Å². The van der Waals surface area contributed by atoms with E-state index in [1.54, 1.807) is 0 Å². The number of ether oxygens (including phenoxy) is 8. The molecular weight excluding hydrogens is 1240 g/mol. The monoisotopic (exact) mass is 1280 g/mol. The third kappa shape index (κ3) is 6.19. The summed E-state index contributed by atoms with van der Waals surface area (Å²) in [4.78, 5) is 9.75. The van der Waals surface area contributed by atoms with Gasteiger partial charge in [-0.3, -0.25) is 0 Å². The molecule has 12 aliphatic rings. The molecule has 100 heavy (non-hydrogen) atoms. The van der Waals surface area contributed by atoms with Crippen LogP contribution in [0.1, 0.15) is 0 Å². The van der Waals surface area contributed by atoms with Crippen LogP contribution in [0.15, 0.2) is 255 Å². The molecule has 0 amide bonds. The highest BCUT2D eigenvalue weighted by molar-refractivity contribution is 7.03. The molecule has 0 saturated carbocycles. The SMILES string of the molecule is c1cc2c3c(c1)Oc1cccc4c1B3c1c(cccc1N4c1cc(-c3cc(N4c5cccc6c5B5c7c(cccc7Oc7cccc4c75)O6)cc(N4c5cccc6c5B5c7c(cccc7Oc7cccc4c75)O6)c3)cc(N3c4cccc5c4B4c6c(cccc6Oc6cccc3c64)O5)c1)O2. The summed E-state index contributed by atoms with van der Waals surface area (Å²) in [5, 5.41) is 0. The summed E-state index contributed by atoms with van der Waals surface area (Å²) in [7, 11) is 0. The number of rotatable bonds is 5. The lowest BCUT2D eigenvalue weighted by molar-refractivity contribution is 0.463. The van der Waals surface area contributed by atoms with Crippen molar-refractivity contribution in [1.82, 2.24) is 0 Å². The van der Waals surface area contributed by atoms with Gasteiger partial charge >= 0.3 is 0 Å². The Kier molecular flexibility index (Phi) is 9.09. The van der Waals surface area contributed by atoms with Crippen molar-refractivity contribution in [2.45, 2.75) is 0 Å². The maximum Gasteiger partial charge on any atom is 0.266 e. The van der Waals surface area contributed by atoms with Crippen LogP contribution in [0.2, 0.25) is 0 Å². The molecule has 0 radical (unpaired) electrons. The summed E-state index contributed by atoms with van der Waals surface area (Å²) >= 11 is 0. The lowest BCUT2D eigenvalue weighted by atomic mass is 9.33. The fraction of sp³-hybridized carbons (Fsp3) is 0. The normalized spacial score (nSPS) is 15.1. The van der Waals surface area contributed by atoms with Crippen molar-refractivity contribution < 1.29 is 37.9 Å². The Hall–Kier alpha value is -13.1. The molecule has 0 spiro atoms. The molecule has 0 saturated heterocycles. The van der Waals surface area contributed by atoms with Crippen molar-refractivity contribution in [3.05, 3.63) is 255 Å². The molecule has 0 N–H and O–H groups in total. The first kappa shape index (κ1) is 51.2. The molecule has 0 aromatic heterocycles. The highest BCUT2D eigenvalue weighted by Crippen LogP contribution is 2.55. The van der Waals surface area contributed by atoms with Crippen molar-refractivity contribution in [1.29, 1.82) is 0 Å². The van der Waals surface area contributed by atoms with Crippen LogP contribution < -0.4 is 123 Å². The van der Waals surface area contributed by atoms with E-state index in [0.717, 1.165) is 237 Å². The van der Waals surface area contributed by atoms with E-state index in [1.807, 2.05) is 24.3 Å². The number of hydrogen-bond acceptors (Lipinski definition) is 12. The Labute approximate surface area is 572 Å². The average Bonchev–Trinajstić information content (AvgIpc) is 0.711. The van der Waals surface area contributed by atoms with E-state index in [2.05, 4.69) is 250 Å². The van der Waals surface area contributed by atoms with Gasteiger partial charge in [0.25, 0.3) is 26.9 Å². The van der Waals surface area contributed by atoms with Crippen LogP contribution >= 0.6 is 0 Å². The van der Waals surface area contributed by atoms with E-state index in [-0.39, 0.29) is 26.9 Å². The maximum absolute atomic E-state index is 6.97. The van der Waals surface area contributed by atoms with Gasteiger partial charge in [0, 0.05) is 90.1 Å². The van der Waals surface area contributed by atoms with Crippen molar-refractivity contribution in [2.75, 3.05) is 19.6 Å². The van der Waals surface area contributed by atoms with Gasteiger partial charge in [-0.15, -0.1) is 0 Å². The molecule has 14 aromatic carbocycles. The van der Waals surface area contributed by atoms with Gasteiger partial charge in [-0.1, -0.05) is 72.8 Å². The second-order valence-electron chi connectivity index (χ2n) is 27.5. The Balaban J connectivity index is 0.765. The Morgan fingerprint density at radius 3 is 0.460 bits per heavy atom. The minimum Gasteiger partial charge on any atom is -0.458 e. The lowest BCUT2D eigenvalue weighted by Crippen LogP contribution is -2.61. The predicted molar refractivity (Wildman–Crippen MR) is 396 cm³/mol. The van der Waals surface area contributed by atoms with E-state index in [1.165, 1.54) is 0 Å². The van der Waals surface area contributed by atoms with Gasteiger partial charge in [0.05, 0.1) is 0 Å². The van der Waals surface area contributed by atoms with E-state index < -0.39 is 0 Å². The highest BCUT2D eigenvalue weighted by atomic mass is 16.5. The number of anilines is 12. The number of benzene rings is 14. The van der Waals surface area contributed by atoms with Crippen molar-refractivity contribution >= 4 is 161 Å². The predicted octanol–water partition coefficient (Wildman–Crippen LogP) is 13.4. The largest absolute Gasteiger partial charge is 0.458 e. The number of nitrogens with zero attached hydrogens (tertiary/aromatic N) is 4. The summed E-state index contributed by atoms with van der Waals surface area (Å²) in [5.41, 5.74) is 26.7. The smallest absolute Gasteiger partial charge is 0.266 e. The van der Waals surface area contributed by atoms with Gasteiger partial charge in [0.2, 0.25) is 0 Å². The average molecular weight is 1280 g/mol. The second-order valence-corrected chi connectivity index (χ2v) is 27.5. The molecule has 12 heterocycles. The Morgan fingerprint density at radius 2 is 0.300 bits per heavy atom. The quantitative estimate of drug-likeness (QED) is 0.154. The van der Waals surface area contributed by atoms with Crippen LogP contribution in [-0.4, -0.2) is 26.9 Å². The van der Waals surface area contributed by atoms with Gasteiger partial charge in [-0.2, -0.15) is 0 Å². The van der Waals surface area contributed by atoms with Crippen molar-refractivity contribution in [2.24, 2.45) is 0 Å². The zero-order chi connectivity index (χ0) is 64.2. The van der Waals surface area contributed by atoms with E-state index in [4.69, 9.17) is 37.9 Å². The zero-order valence-corrected chi connectivity index (χ0v) is 52.6. The maximum atomic E-state index is 6.97. The fourth-order valence-corrected chi connectivity index (χ4v) is 19.1. The summed E-state index contributed by atoms with van der Waals surface area (Å²) in [5.74, 6) is 13.0. The summed E-state index contributed by atoms with van der Waals surface area (Å²) in [6.45, 7) is -0.546. The summed E-state index contributed by atoms with van der Waals surface area (Å²) < 4.78 is 55.8. The molecule has 14 aromatic rings. The molecule has 0 bridgehead atoms. The van der Waals surface area contributed by atoms with Gasteiger partial charge in [-0.25, -0.2) is 0 Å². The molecule has 0 aliphatic carbocycles. The van der Waals surface area contributed by atoms with Crippen molar-refractivity contribution in [3.8, 4) is 103 Å². The Morgan fingerprint density at radius 1 is 0.160 bits per heavy atom. The topological polar surface area (TPSA) is 86.8 Å². The molecule has 0 atom stereocenters. The highest BCUT2D eigenvalue weighted by Gasteiger charge is 2.53. The van der Waals surface area contributed by atoms with E-state index in [9.17, 15) is 0 Å².